The third-order valence-electron chi connectivity index (χ3n) is 2.29. The molecule has 2 aromatic rings. The third kappa shape index (κ3) is 3.20. The van der Waals surface area contributed by atoms with E-state index in [0.29, 0.717) is 11.7 Å². The minimum atomic E-state index is 0.345. The van der Waals surface area contributed by atoms with Crippen LogP contribution < -0.4 is 0 Å². The highest BCUT2D eigenvalue weighted by atomic mass is 35.5. The van der Waals surface area contributed by atoms with E-state index in [1.54, 1.807) is 6.20 Å². The van der Waals surface area contributed by atoms with Crippen LogP contribution in [0.15, 0.2) is 41.4 Å². The number of aromatic nitrogens is 2. The first-order valence-corrected chi connectivity index (χ1v) is 6.96. The second-order valence-electron chi connectivity index (χ2n) is 3.45. The summed E-state index contributed by atoms with van der Waals surface area (Å²) >= 11 is 7.56. The Morgan fingerprint density at radius 3 is 2.59 bits per heavy atom. The number of benzene rings is 1. The maximum Gasteiger partial charge on any atom is 0.143 e. The zero-order chi connectivity index (χ0) is 12.1. The summed E-state index contributed by atoms with van der Waals surface area (Å²) in [5.74, 6) is 2.09. The standard InChI is InChI=1S/C13H13ClN2S/c1-2-17-11-5-3-10(4-6-11)12-7-8-15-13(9-14)16-12/h3-8H,2,9H2,1H3. The molecular formula is C13H13ClN2S. The highest BCUT2D eigenvalue weighted by Gasteiger charge is 2.01. The number of halogens is 1. The van der Waals surface area contributed by atoms with Gasteiger partial charge in [-0.3, -0.25) is 0 Å². The number of nitrogens with zero attached hydrogens (tertiary/aromatic N) is 2. The molecule has 0 bridgehead atoms. The molecule has 0 saturated carbocycles. The number of hydrogen-bond donors (Lipinski definition) is 0. The van der Waals surface area contributed by atoms with Crippen LogP contribution in [0.5, 0.6) is 0 Å². The van der Waals surface area contributed by atoms with Crippen LogP contribution in [0.2, 0.25) is 0 Å². The summed E-state index contributed by atoms with van der Waals surface area (Å²) in [4.78, 5) is 9.75. The van der Waals surface area contributed by atoms with Crippen LogP contribution in [0.3, 0.4) is 0 Å². The second kappa shape index (κ2) is 6.03. The fourth-order valence-electron chi connectivity index (χ4n) is 1.51. The van der Waals surface area contributed by atoms with Crippen LogP contribution >= 0.6 is 23.4 Å². The van der Waals surface area contributed by atoms with Gasteiger partial charge in [0.15, 0.2) is 0 Å². The molecule has 88 valence electrons. The monoisotopic (exact) mass is 264 g/mol. The van der Waals surface area contributed by atoms with E-state index >= 15 is 0 Å². The van der Waals surface area contributed by atoms with E-state index in [4.69, 9.17) is 11.6 Å². The van der Waals surface area contributed by atoms with Crippen LogP contribution in [-0.2, 0) is 5.88 Å². The summed E-state index contributed by atoms with van der Waals surface area (Å²) in [6.07, 6.45) is 1.74. The Hall–Kier alpha value is -1.06. The largest absolute Gasteiger partial charge is 0.240 e. The molecule has 1 aromatic carbocycles. The van der Waals surface area contributed by atoms with Crippen molar-refractivity contribution in [3.63, 3.8) is 0 Å². The van der Waals surface area contributed by atoms with Crippen molar-refractivity contribution in [2.75, 3.05) is 5.75 Å². The molecule has 0 radical (unpaired) electrons. The van der Waals surface area contributed by atoms with Gasteiger partial charge in [-0.1, -0.05) is 19.1 Å². The molecule has 0 N–H and O–H groups in total. The van der Waals surface area contributed by atoms with Crippen LogP contribution in [0.4, 0.5) is 0 Å². The van der Waals surface area contributed by atoms with Gasteiger partial charge in [-0.25, -0.2) is 9.97 Å². The normalized spacial score (nSPS) is 10.5. The van der Waals surface area contributed by atoms with E-state index in [1.807, 2.05) is 17.8 Å². The number of rotatable bonds is 4. The van der Waals surface area contributed by atoms with Gasteiger partial charge in [-0.2, -0.15) is 0 Å². The lowest BCUT2D eigenvalue weighted by molar-refractivity contribution is 1.03. The highest BCUT2D eigenvalue weighted by molar-refractivity contribution is 7.99. The molecule has 1 heterocycles. The second-order valence-corrected chi connectivity index (χ2v) is 5.05. The molecule has 0 aliphatic rings. The quantitative estimate of drug-likeness (QED) is 0.617. The van der Waals surface area contributed by atoms with Gasteiger partial charge < -0.3 is 0 Å². The van der Waals surface area contributed by atoms with Crippen molar-refractivity contribution in [3.8, 4) is 11.3 Å². The topological polar surface area (TPSA) is 25.8 Å². The van der Waals surface area contributed by atoms with Crippen LogP contribution in [-0.4, -0.2) is 15.7 Å². The zero-order valence-electron chi connectivity index (χ0n) is 9.56. The summed E-state index contributed by atoms with van der Waals surface area (Å²) in [6, 6.07) is 10.3. The van der Waals surface area contributed by atoms with E-state index in [1.165, 1.54) is 4.90 Å². The molecule has 1 aromatic heterocycles. The Bertz CT molecular complexity index is 485. The van der Waals surface area contributed by atoms with Gasteiger partial charge in [0.1, 0.15) is 5.82 Å². The molecule has 0 spiro atoms. The van der Waals surface area contributed by atoms with Gasteiger partial charge >= 0.3 is 0 Å². The molecule has 0 amide bonds. The summed E-state index contributed by atoms with van der Waals surface area (Å²) in [7, 11) is 0. The Morgan fingerprint density at radius 2 is 1.94 bits per heavy atom. The molecule has 17 heavy (non-hydrogen) atoms. The van der Waals surface area contributed by atoms with E-state index in [-0.39, 0.29) is 0 Å². The average Bonchev–Trinajstić information content (AvgIpc) is 2.40. The molecule has 0 aliphatic carbocycles. The zero-order valence-corrected chi connectivity index (χ0v) is 11.1. The minimum Gasteiger partial charge on any atom is -0.240 e. The fourth-order valence-corrected chi connectivity index (χ4v) is 2.30. The van der Waals surface area contributed by atoms with Crippen molar-refractivity contribution in [1.82, 2.24) is 9.97 Å². The van der Waals surface area contributed by atoms with E-state index in [0.717, 1.165) is 17.0 Å². The molecular weight excluding hydrogens is 252 g/mol. The molecule has 0 saturated heterocycles. The maximum absolute atomic E-state index is 5.72. The predicted molar refractivity (Wildman–Crippen MR) is 73.4 cm³/mol. The Labute approximate surface area is 110 Å². The van der Waals surface area contributed by atoms with Crippen molar-refractivity contribution in [1.29, 1.82) is 0 Å². The first-order valence-electron chi connectivity index (χ1n) is 5.44. The van der Waals surface area contributed by atoms with Gasteiger partial charge in [-0.05, 0) is 24.0 Å². The maximum atomic E-state index is 5.72. The van der Waals surface area contributed by atoms with Gasteiger partial charge in [0.2, 0.25) is 0 Å². The molecule has 0 fully saturated rings. The lowest BCUT2D eigenvalue weighted by Crippen LogP contribution is -1.92. The third-order valence-corrected chi connectivity index (χ3v) is 3.42. The van der Waals surface area contributed by atoms with Crippen LogP contribution in [0.1, 0.15) is 12.7 Å². The van der Waals surface area contributed by atoms with Crippen molar-refractivity contribution >= 4 is 23.4 Å². The minimum absolute atomic E-state index is 0.345. The average molecular weight is 265 g/mol. The van der Waals surface area contributed by atoms with Crippen molar-refractivity contribution in [3.05, 3.63) is 42.4 Å². The molecule has 0 atom stereocenters. The lowest BCUT2D eigenvalue weighted by Gasteiger charge is -2.03. The highest BCUT2D eigenvalue weighted by Crippen LogP contribution is 2.22. The molecule has 0 aliphatic heterocycles. The van der Waals surface area contributed by atoms with E-state index in [2.05, 4.69) is 41.2 Å². The van der Waals surface area contributed by atoms with Crippen LogP contribution in [0, 0.1) is 0 Å². The van der Waals surface area contributed by atoms with Gasteiger partial charge in [0.25, 0.3) is 0 Å². The predicted octanol–water partition coefficient (Wildman–Crippen LogP) is 3.99. The van der Waals surface area contributed by atoms with Gasteiger partial charge in [-0.15, -0.1) is 23.4 Å². The smallest absolute Gasteiger partial charge is 0.143 e. The first-order chi connectivity index (χ1) is 8.33. The number of hydrogen-bond acceptors (Lipinski definition) is 3. The van der Waals surface area contributed by atoms with Gasteiger partial charge in [0, 0.05) is 16.7 Å². The van der Waals surface area contributed by atoms with Crippen LogP contribution in [0.25, 0.3) is 11.3 Å². The lowest BCUT2D eigenvalue weighted by atomic mass is 10.1. The van der Waals surface area contributed by atoms with Crippen molar-refractivity contribution < 1.29 is 0 Å². The molecule has 2 nitrogen and oxygen atoms in total. The van der Waals surface area contributed by atoms with E-state index in [9.17, 15) is 0 Å². The SMILES string of the molecule is CCSc1ccc(-c2ccnc(CCl)n2)cc1. The first kappa shape index (κ1) is 12.4. The Morgan fingerprint density at radius 1 is 1.18 bits per heavy atom. The molecule has 2 rings (SSSR count). The Balaban J connectivity index is 2.26. The van der Waals surface area contributed by atoms with Crippen molar-refractivity contribution in [2.24, 2.45) is 0 Å². The summed E-state index contributed by atoms with van der Waals surface area (Å²) < 4.78 is 0. The number of alkyl halides is 1. The summed E-state index contributed by atoms with van der Waals surface area (Å²) in [5, 5.41) is 0. The van der Waals surface area contributed by atoms with Gasteiger partial charge in [0.05, 0.1) is 11.6 Å². The molecule has 0 unspecified atom stereocenters. The molecule has 4 heteroatoms. The Kier molecular flexibility index (Phi) is 4.40. The van der Waals surface area contributed by atoms with Crippen molar-refractivity contribution in [2.45, 2.75) is 17.7 Å². The summed E-state index contributed by atoms with van der Waals surface area (Å²) in [6.45, 7) is 2.15. The number of thioether (sulfide) groups is 1. The van der Waals surface area contributed by atoms with E-state index < -0.39 is 0 Å². The summed E-state index contributed by atoms with van der Waals surface area (Å²) in [5.41, 5.74) is 2.02. The fraction of sp³-hybridized carbons (Fsp3) is 0.231.